The van der Waals surface area contributed by atoms with Crippen LogP contribution in [0.2, 0.25) is 0 Å². The monoisotopic (exact) mass is 353 g/mol. The topological polar surface area (TPSA) is 71.5 Å². The van der Waals surface area contributed by atoms with Gasteiger partial charge in [0, 0.05) is 44.8 Å². The van der Waals surface area contributed by atoms with Gasteiger partial charge < -0.3 is 14.5 Å². The van der Waals surface area contributed by atoms with E-state index < -0.39 is 0 Å². The molecule has 0 saturated carbocycles. The highest BCUT2D eigenvalue weighted by atomic mass is 16.5. The van der Waals surface area contributed by atoms with Crippen molar-refractivity contribution in [3.8, 4) is 0 Å². The maximum atomic E-state index is 12.8. The van der Waals surface area contributed by atoms with Gasteiger partial charge in [0.05, 0.1) is 30.4 Å². The van der Waals surface area contributed by atoms with E-state index in [1.54, 1.807) is 30.9 Å². The molecular formula is C19H23N5O2. The van der Waals surface area contributed by atoms with Gasteiger partial charge in [-0.2, -0.15) is 0 Å². The molecule has 1 amide bonds. The first-order valence-electron chi connectivity index (χ1n) is 9.00. The number of hydrogen-bond donors (Lipinski definition) is 0. The molecule has 0 aliphatic carbocycles. The van der Waals surface area contributed by atoms with E-state index in [4.69, 9.17) is 4.74 Å². The molecular weight excluding hydrogens is 330 g/mol. The molecule has 2 aromatic heterocycles. The van der Waals surface area contributed by atoms with E-state index in [9.17, 15) is 4.79 Å². The molecule has 2 aromatic rings. The van der Waals surface area contributed by atoms with Crippen LogP contribution in [-0.4, -0.2) is 64.1 Å². The van der Waals surface area contributed by atoms with Gasteiger partial charge in [0.1, 0.15) is 0 Å². The van der Waals surface area contributed by atoms with Crippen molar-refractivity contribution in [2.24, 2.45) is 0 Å². The first kappa shape index (κ1) is 16.9. The molecule has 2 aliphatic rings. The van der Waals surface area contributed by atoms with E-state index in [-0.39, 0.29) is 17.6 Å². The van der Waals surface area contributed by atoms with Gasteiger partial charge in [0.2, 0.25) is 5.95 Å². The molecule has 136 valence electrons. The predicted molar refractivity (Wildman–Crippen MR) is 96.9 cm³/mol. The number of likely N-dealkylation sites (N-methyl/N-ethyl adjacent to an activating group) is 1. The third kappa shape index (κ3) is 3.26. The number of ether oxygens (including phenoxy) is 1. The minimum Gasteiger partial charge on any atom is -0.371 e. The van der Waals surface area contributed by atoms with Gasteiger partial charge in [-0.1, -0.05) is 0 Å². The highest BCUT2D eigenvalue weighted by molar-refractivity contribution is 5.94. The van der Waals surface area contributed by atoms with Gasteiger partial charge in [-0.15, -0.1) is 0 Å². The van der Waals surface area contributed by atoms with E-state index in [1.807, 2.05) is 24.1 Å². The van der Waals surface area contributed by atoms with E-state index in [1.165, 1.54) is 0 Å². The van der Waals surface area contributed by atoms with Crippen molar-refractivity contribution in [1.82, 2.24) is 19.9 Å². The molecule has 2 aliphatic heterocycles. The van der Waals surface area contributed by atoms with E-state index in [2.05, 4.69) is 19.9 Å². The zero-order valence-electron chi connectivity index (χ0n) is 14.9. The van der Waals surface area contributed by atoms with Crippen LogP contribution in [-0.2, 0) is 4.74 Å². The summed E-state index contributed by atoms with van der Waals surface area (Å²) in [4.78, 5) is 29.5. The lowest BCUT2D eigenvalue weighted by Gasteiger charge is -2.40. The van der Waals surface area contributed by atoms with Crippen LogP contribution in [0.4, 0.5) is 5.95 Å². The molecule has 7 heteroatoms. The number of piperidine rings is 1. The Morgan fingerprint density at radius 3 is 2.92 bits per heavy atom. The number of likely N-dealkylation sites (tertiary alicyclic amines) is 1. The van der Waals surface area contributed by atoms with Crippen LogP contribution in [0.15, 0.2) is 43.0 Å². The van der Waals surface area contributed by atoms with Crippen LogP contribution in [0.3, 0.4) is 0 Å². The van der Waals surface area contributed by atoms with Gasteiger partial charge in [-0.05, 0) is 31.0 Å². The largest absolute Gasteiger partial charge is 0.371 e. The van der Waals surface area contributed by atoms with Crippen molar-refractivity contribution >= 4 is 11.9 Å². The van der Waals surface area contributed by atoms with Crippen LogP contribution in [0, 0.1) is 0 Å². The third-order valence-corrected chi connectivity index (χ3v) is 5.34. The SMILES string of the molecule is CN(c1ncccn1)C1COC2(CCCN(C(=O)c3cccnc3)C2)C1. The molecule has 26 heavy (non-hydrogen) atoms. The number of rotatable bonds is 3. The average molecular weight is 353 g/mol. The fourth-order valence-electron chi connectivity index (χ4n) is 3.93. The Kier molecular flexibility index (Phi) is 4.55. The van der Waals surface area contributed by atoms with Crippen molar-refractivity contribution in [3.05, 3.63) is 48.5 Å². The van der Waals surface area contributed by atoms with Crippen LogP contribution in [0.5, 0.6) is 0 Å². The fraction of sp³-hybridized carbons (Fsp3) is 0.474. The normalized spacial score (nSPS) is 25.4. The zero-order chi connectivity index (χ0) is 18.0. The Morgan fingerprint density at radius 2 is 2.15 bits per heavy atom. The molecule has 1 spiro atoms. The Labute approximate surface area is 153 Å². The van der Waals surface area contributed by atoms with E-state index in [0.717, 1.165) is 25.8 Å². The Bertz CT molecular complexity index is 757. The minimum atomic E-state index is -0.274. The third-order valence-electron chi connectivity index (χ3n) is 5.34. The second-order valence-electron chi connectivity index (χ2n) is 7.08. The maximum Gasteiger partial charge on any atom is 0.255 e. The van der Waals surface area contributed by atoms with Crippen LogP contribution in [0.1, 0.15) is 29.6 Å². The summed E-state index contributed by atoms with van der Waals surface area (Å²) < 4.78 is 6.25. The smallest absolute Gasteiger partial charge is 0.255 e. The van der Waals surface area contributed by atoms with Crippen LogP contribution >= 0.6 is 0 Å². The number of amides is 1. The summed E-state index contributed by atoms with van der Waals surface area (Å²) in [5, 5.41) is 0. The number of aromatic nitrogens is 3. The highest BCUT2D eigenvalue weighted by Crippen LogP contribution is 2.37. The summed E-state index contributed by atoms with van der Waals surface area (Å²) in [6.45, 7) is 2.02. The average Bonchev–Trinajstić information content (AvgIpc) is 3.11. The molecule has 2 atom stereocenters. The number of pyridine rings is 1. The highest BCUT2D eigenvalue weighted by Gasteiger charge is 2.46. The van der Waals surface area contributed by atoms with Crippen molar-refractivity contribution in [2.45, 2.75) is 30.9 Å². The molecule has 7 nitrogen and oxygen atoms in total. The molecule has 2 unspecified atom stereocenters. The number of carbonyl (C=O) groups is 1. The second-order valence-corrected chi connectivity index (χ2v) is 7.08. The lowest BCUT2D eigenvalue weighted by atomic mass is 9.88. The number of anilines is 1. The second kappa shape index (κ2) is 6.99. The quantitative estimate of drug-likeness (QED) is 0.837. The van der Waals surface area contributed by atoms with Gasteiger partial charge in [0.15, 0.2) is 0 Å². The van der Waals surface area contributed by atoms with Crippen molar-refractivity contribution in [3.63, 3.8) is 0 Å². The first-order chi connectivity index (χ1) is 12.7. The summed E-state index contributed by atoms with van der Waals surface area (Å²) >= 11 is 0. The molecule has 2 saturated heterocycles. The maximum absolute atomic E-state index is 12.8. The molecule has 0 bridgehead atoms. The molecule has 4 heterocycles. The van der Waals surface area contributed by atoms with Crippen molar-refractivity contribution in [1.29, 1.82) is 0 Å². The number of carbonyl (C=O) groups excluding carboxylic acids is 1. The molecule has 2 fully saturated rings. The Morgan fingerprint density at radius 1 is 1.31 bits per heavy atom. The summed E-state index contributed by atoms with van der Waals surface area (Å²) in [5.41, 5.74) is 0.359. The van der Waals surface area contributed by atoms with Crippen molar-refractivity contribution in [2.75, 3.05) is 31.6 Å². The standard InChI is InChI=1S/C19H23N5O2/c1-23(18-21-8-4-9-22-18)16-11-19(26-13-16)6-3-10-24(14-19)17(25)15-5-2-7-20-12-15/h2,4-5,7-9,12,16H,3,6,10-11,13-14H2,1H3. The number of hydrogen-bond acceptors (Lipinski definition) is 6. The summed E-state index contributed by atoms with van der Waals surface area (Å²) in [6.07, 6.45) is 9.61. The lowest BCUT2D eigenvalue weighted by Crippen LogP contribution is -2.50. The fourth-order valence-corrected chi connectivity index (χ4v) is 3.93. The van der Waals surface area contributed by atoms with Gasteiger partial charge in [-0.3, -0.25) is 9.78 Å². The Balaban J connectivity index is 1.45. The number of nitrogens with zero attached hydrogens (tertiary/aromatic N) is 5. The van der Waals surface area contributed by atoms with E-state index in [0.29, 0.717) is 24.7 Å². The molecule has 0 N–H and O–H groups in total. The van der Waals surface area contributed by atoms with Gasteiger partial charge in [0.25, 0.3) is 5.91 Å². The lowest BCUT2D eigenvalue weighted by molar-refractivity contribution is -0.0447. The zero-order valence-corrected chi connectivity index (χ0v) is 14.9. The molecule has 0 aromatic carbocycles. The van der Waals surface area contributed by atoms with E-state index >= 15 is 0 Å². The van der Waals surface area contributed by atoms with Gasteiger partial charge >= 0.3 is 0 Å². The van der Waals surface area contributed by atoms with Crippen molar-refractivity contribution < 1.29 is 9.53 Å². The summed E-state index contributed by atoms with van der Waals surface area (Å²) in [6, 6.07) is 5.64. The molecule has 0 radical (unpaired) electrons. The minimum absolute atomic E-state index is 0.0315. The van der Waals surface area contributed by atoms with Gasteiger partial charge in [-0.25, -0.2) is 9.97 Å². The van der Waals surface area contributed by atoms with Crippen LogP contribution in [0.25, 0.3) is 0 Å². The summed E-state index contributed by atoms with van der Waals surface area (Å²) in [7, 11) is 2.00. The van der Waals surface area contributed by atoms with Crippen LogP contribution < -0.4 is 4.90 Å². The summed E-state index contributed by atoms with van der Waals surface area (Å²) in [5.74, 6) is 0.737. The first-order valence-corrected chi connectivity index (χ1v) is 9.00. The Hall–Kier alpha value is -2.54. The molecule has 4 rings (SSSR count). The predicted octanol–water partition coefficient (Wildman–Crippen LogP) is 1.77.